The third kappa shape index (κ3) is 5.61. The topological polar surface area (TPSA) is 94.2 Å². The van der Waals surface area contributed by atoms with Crippen LogP contribution in [0.3, 0.4) is 0 Å². The molecule has 9 heteroatoms. The van der Waals surface area contributed by atoms with Crippen LogP contribution in [0.15, 0.2) is 42.5 Å². The van der Waals surface area contributed by atoms with Gasteiger partial charge in [0.25, 0.3) is 0 Å². The molecule has 0 aromatic heterocycles. The average molecular weight is 408 g/mol. The van der Waals surface area contributed by atoms with E-state index >= 15 is 0 Å². The zero-order valence-electron chi connectivity index (χ0n) is 16.3. The Morgan fingerprint density at radius 3 is 2.43 bits per heavy atom. The SMILES string of the molecule is COCc1cccc(NC(=O)CN(c2cc(OC)ccc2OC)S(C)(=O)=O)c1. The highest BCUT2D eigenvalue weighted by Crippen LogP contribution is 2.33. The molecule has 28 heavy (non-hydrogen) atoms. The largest absolute Gasteiger partial charge is 0.497 e. The number of sulfonamides is 1. The number of carbonyl (C=O) groups is 1. The maximum absolute atomic E-state index is 12.5. The Hall–Kier alpha value is -2.78. The molecular formula is C19H24N2O6S. The van der Waals surface area contributed by atoms with Gasteiger partial charge in [-0.3, -0.25) is 9.10 Å². The summed E-state index contributed by atoms with van der Waals surface area (Å²) in [6.45, 7) is -0.0168. The van der Waals surface area contributed by atoms with Crippen LogP contribution in [0.1, 0.15) is 5.56 Å². The van der Waals surface area contributed by atoms with E-state index in [1.807, 2.05) is 6.07 Å². The fraction of sp³-hybridized carbons (Fsp3) is 0.316. The lowest BCUT2D eigenvalue weighted by atomic mass is 10.2. The summed E-state index contributed by atoms with van der Waals surface area (Å²) < 4.78 is 41.2. The molecule has 0 radical (unpaired) electrons. The van der Waals surface area contributed by atoms with Gasteiger partial charge < -0.3 is 19.5 Å². The molecule has 0 atom stereocenters. The Balaban J connectivity index is 2.28. The van der Waals surface area contributed by atoms with E-state index in [4.69, 9.17) is 14.2 Å². The van der Waals surface area contributed by atoms with Gasteiger partial charge in [0.15, 0.2) is 0 Å². The molecule has 2 aromatic carbocycles. The minimum atomic E-state index is -3.76. The number of ether oxygens (including phenoxy) is 3. The second kappa shape index (κ2) is 9.43. The standard InChI is InChI=1S/C19H24N2O6S/c1-25-13-14-6-5-7-15(10-14)20-19(22)12-21(28(4,23)24)17-11-16(26-2)8-9-18(17)27-3/h5-11H,12-13H2,1-4H3,(H,20,22). The quantitative estimate of drug-likeness (QED) is 0.684. The number of amides is 1. The first-order valence-corrected chi connectivity index (χ1v) is 10.2. The van der Waals surface area contributed by atoms with Crippen LogP contribution in [0.4, 0.5) is 11.4 Å². The van der Waals surface area contributed by atoms with Crippen molar-refractivity contribution in [3.05, 3.63) is 48.0 Å². The Morgan fingerprint density at radius 1 is 1.07 bits per heavy atom. The Bertz CT molecular complexity index is 930. The van der Waals surface area contributed by atoms with Crippen molar-refractivity contribution in [2.45, 2.75) is 6.61 Å². The Kier molecular flexibility index (Phi) is 7.24. The lowest BCUT2D eigenvalue weighted by Crippen LogP contribution is -2.37. The fourth-order valence-electron chi connectivity index (χ4n) is 2.61. The summed E-state index contributed by atoms with van der Waals surface area (Å²) in [6.07, 6.45) is 1.03. The zero-order valence-corrected chi connectivity index (χ0v) is 17.1. The van der Waals surface area contributed by atoms with Crippen molar-refractivity contribution >= 4 is 27.3 Å². The van der Waals surface area contributed by atoms with Crippen molar-refractivity contribution < 1.29 is 27.4 Å². The van der Waals surface area contributed by atoms with E-state index in [-0.39, 0.29) is 5.69 Å². The van der Waals surface area contributed by atoms with Gasteiger partial charge in [0.05, 0.1) is 32.8 Å². The van der Waals surface area contributed by atoms with E-state index in [1.54, 1.807) is 37.4 Å². The molecule has 0 unspecified atom stereocenters. The number of methoxy groups -OCH3 is 3. The van der Waals surface area contributed by atoms with Gasteiger partial charge >= 0.3 is 0 Å². The van der Waals surface area contributed by atoms with E-state index in [9.17, 15) is 13.2 Å². The van der Waals surface area contributed by atoms with Crippen molar-refractivity contribution in [1.82, 2.24) is 0 Å². The normalized spacial score (nSPS) is 11.0. The molecule has 0 aliphatic carbocycles. The molecule has 0 bridgehead atoms. The lowest BCUT2D eigenvalue weighted by Gasteiger charge is -2.24. The van der Waals surface area contributed by atoms with E-state index in [2.05, 4.69) is 5.32 Å². The zero-order chi connectivity index (χ0) is 20.7. The monoisotopic (exact) mass is 408 g/mol. The van der Waals surface area contributed by atoms with Crippen LogP contribution in [0, 0.1) is 0 Å². The number of benzene rings is 2. The van der Waals surface area contributed by atoms with Crippen LogP contribution in [0.25, 0.3) is 0 Å². The molecule has 0 heterocycles. The summed E-state index contributed by atoms with van der Waals surface area (Å²) in [7, 11) is 0.709. The molecule has 0 aliphatic heterocycles. The number of hydrogen-bond donors (Lipinski definition) is 1. The average Bonchev–Trinajstić information content (AvgIpc) is 2.65. The van der Waals surface area contributed by atoms with Crippen molar-refractivity contribution in [3.8, 4) is 11.5 Å². The van der Waals surface area contributed by atoms with Crippen molar-refractivity contribution in [2.75, 3.05) is 43.8 Å². The smallest absolute Gasteiger partial charge is 0.245 e. The van der Waals surface area contributed by atoms with Crippen LogP contribution in [0.2, 0.25) is 0 Å². The van der Waals surface area contributed by atoms with Crippen molar-refractivity contribution in [1.29, 1.82) is 0 Å². The maximum atomic E-state index is 12.5. The van der Waals surface area contributed by atoms with Crippen LogP contribution in [-0.2, 0) is 26.2 Å². The highest BCUT2D eigenvalue weighted by molar-refractivity contribution is 7.92. The second-order valence-electron chi connectivity index (χ2n) is 5.99. The van der Waals surface area contributed by atoms with E-state index in [0.717, 1.165) is 16.1 Å². The molecule has 0 aliphatic rings. The van der Waals surface area contributed by atoms with Crippen molar-refractivity contribution in [2.24, 2.45) is 0 Å². The molecule has 0 spiro atoms. The summed E-state index contributed by atoms with van der Waals surface area (Å²) in [5.41, 5.74) is 1.65. The van der Waals surface area contributed by atoms with Gasteiger partial charge in [0, 0.05) is 18.9 Å². The van der Waals surface area contributed by atoms with Gasteiger partial charge in [-0.2, -0.15) is 0 Å². The molecule has 0 saturated heterocycles. The molecule has 0 fully saturated rings. The van der Waals surface area contributed by atoms with Crippen LogP contribution >= 0.6 is 0 Å². The van der Waals surface area contributed by atoms with Crippen molar-refractivity contribution in [3.63, 3.8) is 0 Å². The summed E-state index contributed by atoms with van der Waals surface area (Å²) in [5, 5.41) is 2.71. The Morgan fingerprint density at radius 2 is 1.82 bits per heavy atom. The predicted octanol–water partition coefficient (Wildman–Crippen LogP) is 2.25. The van der Waals surface area contributed by atoms with E-state index < -0.39 is 22.5 Å². The molecule has 1 amide bonds. The first-order valence-electron chi connectivity index (χ1n) is 8.36. The van der Waals surface area contributed by atoms with Gasteiger partial charge in [0.1, 0.15) is 18.0 Å². The summed E-state index contributed by atoms with van der Waals surface area (Å²) in [4.78, 5) is 12.5. The maximum Gasteiger partial charge on any atom is 0.245 e. The molecule has 2 rings (SSSR count). The number of nitrogens with zero attached hydrogens (tertiary/aromatic N) is 1. The molecule has 8 nitrogen and oxygen atoms in total. The third-order valence-electron chi connectivity index (χ3n) is 3.86. The molecule has 1 N–H and O–H groups in total. The summed E-state index contributed by atoms with van der Waals surface area (Å²) in [6, 6.07) is 11.9. The second-order valence-corrected chi connectivity index (χ2v) is 7.90. The van der Waals surface area contributed by atoms with Gasteiger partial charge in [-0.25, -0.2) is 8.42 Å². The number of nitrogens with one attached hydrogen (secondary N) is 1. The highest BCUT2D eigenvalue weighted by Gasteiger charge is 2.24. The lowest BCUT2D eigenvalue weighted by molar-refractivity contribution is -0.114. The van der Waals surface area contributed by atoms with Gasteiger partial charge in [-0.15, -0.1) is 0 Å². The van der Waals surface area contributed by atoms with Gasteiger partial charge in [-0.1, -0.05) is 12.1 Å². The summed E-state index contributed by atoms with van der Waals surface area (Å²) >= 11 is 0. The number of hydrogen-bond acceptors (Lipinski definition) is 6. The molecule has 2 aromatic rings. The van der Waals surface area contributed by atoms with E-state index in [1.165, 1.54) is 20.3 Å². The predicted molar refractivity (Wildman–Crippen MR) is 108 cm³/mol. The third-order valence-corrected chi connectivity index (χ3v) is 4.99. The van der Waals surface area contributed by atoms with Gasteiger partial charge in [-0.05, 0) is 29.8 Å². The summed E-state index contributed by atoms with van der Waals surface area (Å²) in [5.74, 6) is 0.253. The van der Waals surface area contributed by atoms with Gasteiger partial charge in [0.2, 0.25) is 15.9 Å². The minimum Gasteiger partial charge on any atom is -0.497 e. The molecule has 152 valence electrons. The van der Waals surface area contributed by atoms with Crippen LogP contribution < -0.4 is 19.1 Å². The minimum absolute atomic E-state index is 0.215. The number of carbonyl (C=O) groups excluding carboxylic acids is 1. The van der Waals surface area contributed by atoms with E-state index in [0.29, 0.717) is 23.8 Å². The highest BCUT2D eigenvalue weighted by atomic mass is 32.2. The number of anilines is 2. The fourth-order valence-corrected chi connectivity index (χ4v) is 3.46. The number of rotatable bonds is 9. The first kappa shape index (κ1) is 21.5. The first-order chi connectivity index (χ1) is 13.3. The van der Waals surface area contributed by atoms with Crippen LogP contribution in [0.5, 0.6) is 11.5 Å². The molecule has 0 saturated carbocycles. The Labute approximate surface area is 165 Å². The molecular weight excluding hydrogens is 384 g/mol. The van der Waals surface area contributed by atoms with Crippen LogP contribution in [-0.4, -0.2) is 48.5 Å².